The molecule has 0 N–H and O–H groups in total. The maximum absolute atomic E-state index is 13.4. The van der Waals surface area contributed by atoms with E-state index >= 15 is 0 Å². The van der Waals surface area contributed by atoms with Crippen LogP contribution in [0.3, 0.4) is 0 Å². The average Bonchev–Trinajstić information content (AvgIpc) is 3.35. The number of benzene rings is 1. The second-order valence-corrected chi connectivity index (χ2v) is 9.02. The number of carbonyl (C=O) groups excluding carboxylic acids is 1. The minimum atomic E-state index is -3.74. The smallest absolute Gasteiger partial charge is 0.243 e. The molecule has 1 amide bonds. The molecule has 4 rings (SSSR count). The van der Waals surface area contributed by atoms with Crippen molar-refractivity contribution in [2.45, 2.75) is 17.2 Å². The van der Waals surface area contributed by atoms with Crippen LogP contribution in [0.4, 0.5) is 4.39 Å². The normalized spacial score (nSPS) is 23.4. The summed E-state index contributed by atoms with van der Waals surface area (Å²) in [5.74, 6) is -0.340. The monoisotopic (exact) mass is 392 g/mol. The number of sulfonamides is 1. The summed E-state index contributed by atoms with van der Waals surface area (Å²) in [5, 5.41) is 4.15. The number of nitrogens with zero attached hydrogens (tertiary/aromatic N) is 4. The molecule has 1 aromatic carbocycles. The number of hydrogen-bond acceptors (Lipinski definition) is 4. The van der Waals surface area contributed by atoms with Gasteiger partial charge in [0.1, 0.15) is 5.82 Å². The summed E-state index contributed by atoms with van der Waals surface area (Å²) in [6, 6.07) is 5.01. The number of rotatable bonds is 4. The van der Waals surface area contributed by atoms with Crippen LogP contribution >= 0.6 is 0 Å². The van der Waals surface area contributed by atoms with Crippen LogP contribution in [-0.4, -0.2) is 59.5 Å². The van der Waals surface area contributed by atoms with Gasteiger partial charge in [0.25, 0.3) is 0 Å². The zero-order chi connectivity index (χ0) is 19.2. The lowest BCUT2D eigenvalue weighted by atomic mass is 10.2. The Kier molecular flexibility index (Phi) is 4.51. The van der Waals surface area contributed by atoms with Crippen molar-refractivity contribution in [1.29, 1.82) is 0 Å². The van der Waals surface area contributed by atoms with Gasteiger partial charge in [-0.2, -0.15) is 9.40 Å². The van der Waals surface area contributed by atoms with Crippen LogP contribution in [-0.2, 0) is 21.9 Å². The van der Waals surface area contributed by atoms with Crippen molar-refractivity contribution >= 4 is 15.9 Å². The molecular formula is C18H21FN4O3S. The molecule has 0 bridgehead atoms. The molecule has 2 unspecified atom stereocenters. The highest BCUT2D eigenvalue weighted by Gasteiger charge is 2.47. The van der Waals surface area contributed by atoms with Gasteiger partial charge in [-0.25, -0.2) is 12.8 Å². The molecule has 144 valence electrons. The van der Waals surface area contributed by atoms with Crippen LogP contribution in [0.1, 0.15) is 17.9 Å². The highest BCUT2D eigenvalue weighted by Crippen LogP contribution is 2.48. The van der Waals surface area contributed by atoms with E-state index in [0.717, 1.165) is 18.1 Å². The van der Waals surface area contributed by atoms with E-state index < -0.39 is 15.8 Å². The van der Waals surface area contributed by atoms with E-state index in [9.17, 15) is 17.6 Å². The second-order valence-electron chi connectivity index (χ2n) is 7.08. The molecule has 1 aliphatic heterocycles. The van der Waals surface area contributed by atoms with Crippen LogP contribution in [0, 0.1) is 11.7 Å². The molecular weight excluding hydrogens is 371 g/mol. The zero-order valence-corrected chi connectivity index (χ0v) is 15.8. The van der Waals surface area contributed by atoms with E-state index in [0.29, 0.717) is 13.1 Å². The molecule has 2 fully saturated rings. The quantitative estimate of drug-likeness (QED) is 0.784. The van der Waals surface area contributed by atoms with Crippen LogP contribution < -0.4 is 0 Å². The Balaban J connectivity index is 1.37. The first-order valence-corrected chi connectivity index (χ1v) is 10.3. The summed E-state index contributed by atoms with van der Waals surface area (Å²) in [6.07, 6.45) is 4.54. The van der Waals surface area contributed by atoms with Crippen LogP contribution in [0.2, 0.25) is 0 Å². The van der Waals surface area contributed by atoms with Crippen molar-refractivity contribution in [2.75, 3.05) is 26.2 Å². The number of carbonyl (C=O) groups is 1. The number of amides is 1. The average molecular weight is 392 g/mol. The third kappa shape index (κ3) is 3.49. The molecule has 0 radical (unpaired) electrons. The van der Waals surface area contributed by atoms with Gasteiger partial charge in [-0.05, 0) is 36.1 Å². The van der Waals surface area contributed by atoms with Gasteiger partial charge in [-0.3, -0.25) is 9.48 Å². The molecule has 9 heteroatoms. The molecule has 1 saturated heterocycles. The van der Waals surface area contributed by atoms with Gasteiger partial charge in [0, 0.05) is 45.3 Å². The van der Waals surface area contributed by atoms with Gasteiger partial charge in [-0.15, -0.1) is 0 Å². The molecule has 2 aromatic rings. The molecule has 2 atom stereocenters. The summed E-state index contributed by atoms with van der Waals surface area (Å²) in [5.41, 5.74) is 1.07. The fourth-order valence-electron chi connectivity index (χ4n) is 3.63. The second kappa shape index (κ2) is 6.72. The van der Waals surface area contributed by atoms with Gasteiger partial charge in [0.05, 0.1) is 11.1 Å². The number of aryl methyl sites for hydroxylation is 1. The van der Waals surface area contributed by atoms with Crippen molar-refractivity contribution < 1.29 is 17.6 Å². The topological polar surface area (TPSA) is 75.5 Å². The van der Waals surface area contributed by atoms with Gasteiger partial charge in [0.15, 0.2) is 0 Å². The van der Waals surface area contributed by atoms with Crippen molar-refractivity contribution in [1.82, 2.24) is 19.0 Å². The van der Waals surface area contributed by atoms with Crippen molar-refractivity contribution in [2.24, 2.45) is 13.0 Å². The van der Waals surface area contributed by atoms with Crippen molar-refractivity contribution in [3.8, 4) is 0 Å². The zero-order valence-electron chi connectivity index (χ0n) is 15.0. The minimum Gasteiger partial charge on any atom is -0.340 e. The Hall–Kier alpha value is -2.26. The maximum atomic E-state index is 13.4. The van der Waals surface area contributed by atoms with Gasteiger partial charge in [-0.1, -0.05) is 6.07 Å². The first-order valence-electron chi connectivity index (χ1n) is 8.89. The maximum Gasteiger partial charge on any atom is 0.243 e. The van der Waals surface area contributed by atoms with Crippen LogP contribution in [0.25, 0.3) is 0 Å². The molecule has 27 heavy (non-hydrogen) atoms. The summed E-state index contributed by atoms with van der Waals surface area (Å²) in [7, 11) is -1.90. The largest absolute Gasteiger partial charge is 0.340 e. The van der Waals surface area contributed by atoms with E-state index in [1.807, 2.05) is 13.2 Å². The molecule has 1 aliphatic carbocycles. The highest BCUT2D eigenvalue weighted by atomic mass is 32.2. The minimum absolute atomic E-state index is 0.0411. The highest BCUT2D eigenvalue weighted by molar-refractivity contribution is 7.89. The van der Waals surface area contributed by atoms with E-state index in [4.69, 9.17) is 0 Å². The summed E-state index contributed by atoms with van der Waals surface area (Å²) >= 11 is 0. The Morgan fingerprint density at radius 3 is 2.59 bits per heavy atom. The number of halogens is 1. The van der Waals surface area contributed by atoms with Gasteiger partial charge < -0.3 is 4.90 Å². The van der Waals surface area contributed by atoms with E-state index in [2.05, 4.69) is 5.10 Å². The lowest BCUT2D eigenvalue weighted by Gasteiger charge is -2.34. The predicted molar refractivity (Wildman–Crippen MR) is 95.8 cm³/mol. The van der Waals surface area contributed by atoms with Crippen LogP contribution in [0.15, 0.2) is 41.6 Å². The fraction of sp³-hybridized carbons (Fsp3) is 0.444. The third-order valence-electron chi connectivity index (χ3n) is 5.24. The molecule has 1 saturated carbocycles. The Labute approximate surface area is 157 Å². The summed E-state index contributed by atoms with van der Waals surface area (Å²) in [6.45, 7) is 1.14. The molecule has 7 nitrogen and oxygen atoms in total. The Bertz CT molecular complexity index is 966. The SMILES string of the molecule is Cn1cc(C2CC2C(=O)N2CCN(S(=O)(=O)c3cccc(F)c3)CC2)cn1. The third-order valence-corrected chi connectivity index (χ3v) is 7.14. The number of piperazine rings is 1. The summed E-state index contributed by atoms with van der Waals surface area (Å²) < 4.78 is 41.7. The molecule has 2 heterocycles. The lowest BCUT2D eigenvalue weighted by Crippen LogP contribution is -2.51. The standard InChI is InChI=1S/C18H21FN4O3S/c1-21-12-13(11-20-21)16-10-17(16)18(24)22-5-7-23(8-6-22)27(25,26)15-4-2-3-14(19)9-15/h2-4,9,11-12,16-17H,5-8,10H2,1H3. The van der Waals surface area contributed by atoms with Crippen LogP contribution in [0.5, 0.6) is 0 Å². The fourth-order valence-corrected chi connectivity index (χ4v) is 5.08. The van der Waals surface area contributed by atoms with Crippen molar-refractivity contribution in [3.05, 3.63) is 48.0 Å². The molecule has 2 aliphatic rings. The van der Waals surface area contributed by atoms with E-state index in [-0.39, 0.29) is 35.7 Å². The summed E-state index contributed by atoms with van der Waals surface area (Å²) in [4.78, 5) is 14.4. The lowest BCUT2D eigenvalue weighted by molar-refractivity contribution is -0.133. The van der Waals surface area contributed by atoms with E-state index in [1.54, 1.807) is 15.8 Å². The van der Waals surface area contributed by atoms with Gasteiger partial charge >= 0.3 is 0 Å². The first-order chi connectivity index (χ1) is 12.9. The predicted octanol–water partition coefficient (Wildman–Crippen LogP) is 1.20. The first kappa shape index (κ1) is 18.1. The number of aromatic nitrogens is 2. The van der Waals surface area contributed by atoms with Crippen molar-refractivity contribution in [3.63, 3.8) is 0 Å². The number of hydrogen-bond donors (Lipinski definition) is 0. The molecule has 1 aromatic heterocycles. The van der Waals surface area contributed by atoms with Gasteiger partial charge in [0.2, 0.25) is 15.9 Å². The molecule has 0 spiro atoms. The Morgan fingerprint density at radius 2 is 1.96 bits per heavy atom. The van der Waals surface area contributed by atoms with E-state index in [1.165, 1.54) is 22.5 Å². The Morgan fingerprint density at radius 1 is 1.22 bits per heavy atom.